The van der Waals surface area contributed by atoms with Gasteiger partial charge in [0.25, 0.3) is 0 Å². The van der Waals surface area contributed by atoms with Crippen molar-refractivity contribution in [2.75, 3.05) is 0 Å². The Labute approximate surface area is 161 Å². The lowest BCUT2D eigenvalue weighted by atomic mass is 9.81. The van der Waals surface area contributed by atoms with Gasteiger partial charge in [0, 0.05) is 23.6 Å². The lowest BCUT2D eigenvalue weighted by Crippen LogP contribution is -2.22. The molecule has 0 saturated carbocycles. The Kier molecular flexibility index (Phi) is 5.26. The first-order chi connectivity index (χ1) is 13.4. The molecule has 0 saturated heterocycles. The Morgan fingerprint density at radius 2 is 1.68 bits per heavy atom. The number of rotatable bonds is 5. The van der Waals surface area contributed by atoms with Crippen molar-refractivity contribution in [3.8, 4) is 11.5 Å². The lowest BCUT2D eigenvalue weighted by molar-refractivity contribution is -0.140. The Bertz CT molecular complexity index is 1020. The van der Waals surface area contributed by atoms with Crippen molar-refractivity contribution in [2.45, 2.75) is 33.1 Å². The molecular weight excluding hydrogens is 362 g/mol. The highest BCUT2D eigenvalue weighted by atomic mass is 16.7. The number of aromatic hydroxyl groups is 2. The molecule has 2 aromatic carbocycles. The zero-order chi connectivity index (χ0) is 20.4. The first-order valence-electron chi connectivity index (χ1n) is 8.89. The predicted molar refractivity (Wildman–Crippen MR) is 101 cm³/mol. The average Bonchev–Trinajstić information content (AvgIpc) is 2.67. The summed E-state index contributed by atoms with van der Waals surface area (Å²) >= 11 is 0. The van der Waals surface area contributed by atoms with E-state index >= 15 is 0 Å². The molecule has 7 heteroatoms. The van der Waals surface area contributed by atoms with Crippen LogP contribution in [0.25, 0.3) is 0 Å². The lowest BCUT2D eigenvalue weighted by Gasteiger charge is -2.21. The van der Waals surface area contributed by atoms with Gasteiger partial charge >= 0.3 is 5.97 Å². The number of unbranched alkanes of at least 4 members (excludes halogenated alkanes) is 1. The molecule has 7 nitrogen and oxygen atoms in total. The van der Waals surface area contributed by atoms with Gasteiger partial charge in [0.05, 0.1) is 16.8 Å². The van der Waals surface area contributed by atoms with Gasteiger partial charge in [-0.15, -0.1) is 0 Å². The molecule has 0 aliphatic heterocycles. The summed E-state index contributed by atoms with van der Waals surface area (Å²) in [5, 5.41) is 25.1. The van der Waals surface area contributed by atoms with E-state index in [2.05, 4.69) is 5.16 Å². The topological polar surface area (TPSA) is 113 Å². The van der Waals surface area contributed by atoms with Crippen LogP contribution in [0.15, 0.2) is 35.5 Å². The van der Waals surface area contributed by atoms with Gasteiger partial charge in [0.15, 0.2) is 11.6 Å². The fourth-order valence-corrected chi connectivity index (χ4v) is 3.17. The molecule has 0 radical (unpaired) electrons. The summed E-state index contributed by atoms with van der Waals surface area (Å²) in [6, 6.07) is 7.40. The first-order valence-corrected chi connectivity index (χ1v) is 8.89. The van der Waals surface area contributed by atoms with Crippen molar-refractivity contribution in [2.24, 2.45) is 5.16 Å². The number of benzene rings is 2. The largest absolute Gasteiger partial charge is 0.507 e. The van der Waals surface area contributed by atoms with Gasteiger partial charge in [-0.3, -0.25) is 9.59 Å². The van der Waals surface area contributed by atoms with E-state index in [0.29, 0.717) is 12.8 Å². The number of carbonyl (C=O) groups excluding carboxylic acids is 3. The highest BCUT2D eigenvalue weighted by molar-refractivity contribution is 6.31. The quantitative estimate of drug-likeness (QED) is 0.303. The molecule has 0 unspecified atom stereocenters. The number of ketones is 2. The minimum absolute atomic E-state index is 0.0477. The molecule has 1 aliphatic rings. The minimum Gasteiger partial charge on any atom is -0.507 e. The molecule has 0 aromatic heterocycles. The average molecular weight is 381 g/mol. The summed E-state index contributed by atoms with van der Waals surface area (Å²) in [5.74, 6) is -2.67. The molecule has 0 atom stereocenters. The number of phenols is 2. The van der Waals surface area contributed by atoms with Crippen LogP contribution in [0.4, 0.5) is 0 Å². The maximum absolute atomic E-state index is 12.9. The van der Waals surface area contributed by atoms with Crippen molar-refractivity contribution in [1.29, 1.82) is 0 Å². The third-order valence-corrected chi connectivity index (χ3v) is 4.51. The van der Waals surface area contributed by atoms with Crippen molar-refractivity contribution in [1.82, 2.24) is 0 Å². The second kappa shape index (κ2) is 7.64. The molecule has 0 bridgehead atoms. The van der Waals surface area contributed by atoms with Gasteiger partial charge in [-0.25, -0.2) is 4.79 Å². The molecule has 0 spiro atoms. The Morgan fingerprint density at radius 1 is 1.07 bits per heavy atom. The normalized spacial score (nSPS) is 13.1. The summed E-state index contributed by atoms with van der Waals surface area (Å²) in [6.45, 7) is 3.14. The van der Waals surface area contributed by atoms with Gasteiger partial charge in [-0.2, -0.15) is 0 Å². The summed E-state index contributed by atoms with van der Waals surface area (Å²) in [6.07, 6.45) is 1.82. The van der Waals surface area contributed by atoms with Gasteiger partial charge in [-0.05, 0) is 18.9 Å². The molecular formula is C21H19NO6. The second-order valence-corrected chi connectivity index (χ2v) is 6.47. The highest BCUT2D eigenvalue weighted by Gasteiger charge is 2.36. The molecule has 0 fully saturated rings. The Balaban J connectivity index is 2.20. The van der Waals surface area contributed by atoms with Crippen LogP contribution in [0, 0.1) is 0 Å². The fraction of sp³-hybridized carbons (Fsp3) is 0.238. The molecule has 2 N–H and O–H groups in total. The van der Waals surface area contributed by atoms with E-state index in [-0.39, 0.29) is 33.5 Å². The summed E-state index contributed by atoms with van der Waals surface area (Å²) in [4.78, 5) is 41.5. The molecule has 0 amide bonds. The predicted octanol–water partition coefficient (Wildman–Crippen LogP) is 3.33. The van der Waals surface area contributed by atoms with Crippen LogP contribution in [0.2, 0.25) is 0 Å². The molecule has 28 heavy (non-hydrogen) atoms. The maximum Gasteiger partial charge on any atom is 0.331 e. The summed E-state index contributed by atoms with van der Waals surface area (Å²) in [5.41, 5.74) is 0.0531. The van der Waals surface area contributed by atoms with Crippen LogP contribution in [-0.2, 0) is 9.63 Å². The Hall–Kier alpha value is -3.48. The second-order valence-electron chi connectivity index (χ2n) is 6.47. The first kappa shape index (κ1) is 19.3. The zero-order valence-electron chi connectivity index (χ0n) is 15.5. The number of hydrogen-bond donors (Lipinski definition) is 2. The van der Waals surface area contributed by atoms with Crippen LogP contribution >= 0.6 is 0 Å². The highest BCUT2D eigenvalue weighted by Crippen LogP contribution is 2.40. The van der Waals surface area contributed by atoms with Crippen LogP contribution < -0.4 is 0 Å². The third kappa shape index (κ3) is 3.26. The van der Waals surface area contributed by atoms with E-state index in [0.717, 1.165) is 6.42 Å². The standard InChI is InChI=1S/C21H19NO6/c1-3-4-9-15(22-28-11(2)23)14-10-16(24)17-18(21(14)27)20(26)13-8-6-5-7-12(13)19(17)25/h5-8,10,24,27H,3-4,9H2,1-2H3/b22-15-. The van der Waals surface area contributed by atoms with Crippen LogP contribution in [0.5, 0.6) is 11.5 Å². The molecule has 144 valence electrons. The van der Waals surface area contributed by atoms with E-state index in [1.165, 1.54) is 25.1 Å². The van der Waals surface area contributed by atoms with E-state index in [4.69, 9.17) is 4.84 Å². The summed E-state index contributed by atoms with van der Waals surface area (Å²) in [7, 11) is 0. The number of hydrogen-bond acceptors (Lipinski definition) is 7. The number of nitrogens with zero attached hydrogens (tertiary/aromatic N) is 1. The monoisotopic (exact) mass is 381 g/mol. The van der Waals surface area contributed by atoms with Crippen molar-refractivity contribution in [3.63, 3.8) is 0 Å². The van der Waals surface area contributed by atoms with Crippen LogP contribution in [0.3, 0.4) is 0 Å². The molecule has 0 heterocycles. The smallest absolute Gasteiger partial charge is 0.331 e. The number of carbonyl (C=O) groups is 3. The van der Waals surface area contributed by atoms with Crippen molar-refractivity contribution in [3.05, 3.63) is 58.1 Å². The Morgan fingerprint density at radius 3 is 2.25 bits per heavy atom. The van der Waals surface area contributed by atoms with Crippen LogP contribution in [-0.4, -0.2) is 33.5 Å². The molecule has 1 aliphatic carbocycles. The number of fused-ring (bicyclic) bond motifs is 2. The third-order valence-electron chi connectivity index (χ3n) is 4.51. The number of oxime groups is 1. The fourth-order valence-electron chi connectivity index (χ4n) is 3.17. The van der Waals surface area contributed by atoms with E-state index in [1.807, 2.05) is 6.92 Å². The van der Waals surface area contributed by atoms with E-state index in [1.54, 1.807) is 12.1 Å². The zero-order valence-corrected chi connectivity index (χ0v) is 15.5. The molecule has 2 aromatic rings. The van der Waals surface area contributed by atoms with Gasteiger partial charge in [0.2, 0.25) is 0 Å². The van der Waals surface area contributed by atoms with Crippen LogP contribution in [0.1, 0.15) is 70.5 Å². The van der Waals surface area contributed by atoms with E-state index < -0.39 is 29.0 Å². The minimum atomic E-state index is -0.643. The molecule has 3 rings (SSSR count). The summed E-state index contributed by atoms with van der Waals surface area (Å²) < 4.78 is 0. The number of phenolic OH excluding ortho intramolecular Hbond substituents is 2. The maximum atomic E-state index is 12.9. The van der Waals surface area contributed by atoms with Gasteiger partial charge in [-0.1, -0.05) is 42.8 Å². The van der Waals surface area contributed by atoms with Crippen molar-refractivity contribution >= 4 is 23.2 Å². The van der Waals surface area contributed by atoms with E-state index in [9.17, 15) is 24.6 Å². The van der Waals surface area contributed by atoms with Crippen molar-refractivity contribution < 1.29 is 29.4 Å². The van der Waals surface area contributed by atoms with Gasteiger partial charge in [0.1, 0.15) is 11.5 Å². The SMILES string of the molecule is CCCC/C(=N/OC(C)=O)c1cc(O)c2c(c1O)C(=O)c1ccccc1C2=O. The van der Waals surface area contributed by atoms with Gasteiger partial charge < -0.3 is 15.1 Å².